The van der Waals surface area contributed by atoms with Gasteiger partial charge >= 0.3 is 0 Å². The SMILES string of the molecule is CC(C)NCc1ccc(-n2cccn2)c(Br)c1. The predicted octanol–water partition coefficient (Wildman–Crippen LogP) is 3.13. The molecule has 3 nitrogen and oxygen atoms in total. The summed E-state index contributed by atoms with van der Waals surface area (Å²) < 4.78 is 2.91. The summed E-state index contributed by atoms with van der Waals surface area (Å²) >= 11 is 3.59. The van der Waals surface area contributed by atoms with Gasteiger partial charge in [-0.2, -0.15) is 5.10 Å². The van der Waals surface area contributed by atoms with Crippen molar-refractivity contribution in [2.75, 3.05) is 0 Å². The number of nitrogens with one attached hydrogen (secondary N) is 1. The molecule has 0 saturated carbocycles. The fourth-order valence-electron chi connectivity index (χ4n) is 1.58. The van der Waals surface area contributed by atoms with Gasteiger partial charge in [0.25, 0.3) is 0 Å². The summed E-state index contributed by atoms with van der Waals surface area (Å²) in [5.41, 5.74) is 2.32. The van der Waals surface area contributed by atoms with Gasteiger partial charge in [0.1, 0.15) is 0 Å². The van der Waals surface area contributed by atoms with Crippen molar-refractivity contribution in [1.29, 1.82) is 0 Å². The number of halogens is 1. The first-order chi connectivity index (χ1) is 8.16. The summed E-state index contributed by atoms with van der Waals surface area (Å²) in [6, 6.07) is 8.75. The molecular formula is C13H16BrN3. The molecule has 90 valence electrons. The lowest BCUT2D eigenvalue weighted by molar-refractivity contribution is 0.588. The molecule has 17 heavy (non-hydrogen) atoms. The van der Waals surface area contributed by atoms with Gasteiger partial charge in [0.2, 0.25) is 0 Å². The van der Waals surface area contributed by atoms with E-state index in [1.165, 1.54) is 5.56 Å². The lowest BCUT2D eigenvalue weighted by Crippen LogP contribution is -2.21. The zero-order chi connectivity index (χ0) is 12.3. The van der Waals surface area contributed by atoms with E-state index in [0.29, 0.717) is 6.04 Å². The molecule has 1 aromatic carbocycles. The zero-order valence-electron chi connectivity index (χ0n) is 10.0. The topological polar surface area (TPSA) is 29.9 Å². The molecule has 0 bridgehead atoms. The Labute approximate surface area is 110 Å². The maximum Gasteiger partial charge on any atom is 0.0787 e. The molecule has 0 aliphatic heterocycles. The van der Waals surface area contributed by atoms with E-state index in [9.17, 15) is 0 Å². The summed E-state index contributed by atoms with van der Waals surface area (Å²) in [7, 11) is 0. The molecule has 2 aromatic rings. The summed E-state index contributed by atoms with van der Waals surface area (Å²) in [5, 5.41) is 7.62. The third kappa shape index (κ3) is 3.17. The first-order valence-corrected chi connectivity index (χ1v) is 6.48. The van der Waals surface area contributed by atoms with Crippen LogP contribution in [0.25, 0.3) is 5.69 Å². The molecule has 0 saturated heterocycles. The summed E-state index contributed by atoms with van der Waals surface area (Å²) in [6.07, 6.45) is 3.72. The van der Waals surface area contributed by atoms with Crippen molar-refractivity contribution in [3.8, 4) is 5.69 Å². The normalized spacial score (nSPS) is 11.1. The molecule has 0 aliphatic carbocycles. The Morgan fingerprint density at radius 1 is 1.41 bits per heavy atom. The van der Waals surface area contributed by atoms with Crippen LogP contribution in [0.1, 0.15) is 19.4 Å². The van der Waals surface area contributed by atoms with E-state index < -0.39 is 0 Å². The zero-order valence-corrected chi connectivity index (χ0v) is 11.6. The number of hydrogen-bond acceptors (Lipinski definition) is 2. The molecule has 0 unspecified atom stereocenters. The highest BCUT2D eigenvalue weighted by molar-refractivity contribution is 9.10. The molecular weight excluding hydrogens is 278 g/mol. The standard InChI is InChI=1S/C13H16BrN3/c1-10(2)15-9-11-4-5-13(12(14)8-11)17-7-3-6-16-17/h3-8,10,15H,9H2,1-2H3. The number of nitrogens with zero attached hydrogens (tertiary/aromatic N) is 2. The Kier molecular flexibility index (Phi) is 3.97. The molecule has 0 aliphatic rings. The van der Waals surface area contributed by atoms with Crippen LogP contribution >= 0.6 is 15.9 Å². The van der Waals surface area contributed by atoms with E-state index in [1.807, 2.05) is 16.9 Å². The number of aromatic nitrogens is 2. The fourth-order valence-corrected chi connectivity index (χ4v) is 2.19. The molecule has 2 rings (SSSR count). The predicted molar refractivity (Wildman–Crippen MR) is 73.2 cm³/mol. The molecule has 0 amide bonds. The third-order valence-electron chi connectivity index (χ3n) is 2.48. The van der Waals surface area contributed by atoms with Gasteiger partial charge in [0.05, 0.1) is 5.69 Å². The lowest BCUT2D eigenvalue weighted by Gasteiger charge is -2.10. The van der Waals surface area contributed by atoms with Crippen molar-refractivity contribution in [1.82, 2.24) is 15.1 Å². The maximum absolute atomic E-state index is 4.22. The minimum atomic E-state index is 0.500. The first kappa shape index (κ1) is 12.3. The Bertz CT molecular complexity index is 477. The van der Waals surface area contributed by atoms with Gasteiger partial charge in [-0.15, -0.1) is 0 Å². The van der Waals surface area contributed by atoms with Gasteiger partial charge in [0, 0.05) is 29.5 Å². The van der Waals surface area contributed by atoms with E-state index in [1.54, 1.807) is 6.20 Å². The smallest absolute Gasteiger partial charge is 0.0787 e. The van der Waals surface area contributed by atoms with Gasteiger partial charge in [-0.05, 0) is 39.7 Å². The lowest BCUT2D eigenvalue weighted by atomic mass is 10.2. The first-order valence-electron chi connectivity index (χ1n) is 5.68. The van der Waals surface area contributed by atoms with Crippen LogP contribution in [0.2, 0.25) is 0 Å². The van der Waals surface area contributed by atoms with Crippen molar-refractivity contribution < 1.29 is 0 Å². The summed E-state index contributed by atoms with van der Waals surface area (Å²) in [5.74, 6) is 0. The van der Waals surface area contributed by atoms with E-state index >= 15 is 0 Å². The Morgan fingerprint density at radius 2 is 2.24 bits per heavy atom. The minimum absolute atomic E-state index is 0.500. The van der Waals surface area contributed by atoms with E-state index in [2.05, 4.69) is 58.4 Å². The van der Waals surface area contributed by atoms with E-state index in [-0.39, 0.29) is 0 Å². The van der Waals surface area contributed by atoms with Gasteiger partial charge in [-0.1, -0.05) is 19.9 Å². The highest BCUT2D eigenvalue weighted by Crippen LogP contribution is 2.21. The van der Waals surface area contributed by atoms with Crippen molar-refractivity contribution in [3.63, 3.8) is 0 Å². The van der Waals surface area contributed by atoms with Gasteiger partial charge in [-0.25, -0.2) is 4.68 Å². The molecule has 4 heteroatoms. The van der Waals surface area contributed by atoms with Crippen LogP contribution in [0, 0.1) is 0 Å². The Morgan fingerprint density at radius 3 is 2.82 bits per heavy atom. The summed E-state index contributed by atoms with van der Waals surface area (Å²) in [6.45, 7) is 5.18. The molecule has 0 radical (unpaired) electrons. The largest absolute Gasteiger partial charge is 0.310 e. The van der Waals surface area contributed by atoms with Gasteiger partial charge < -0.3 is 5.32 Å². The molecule has 1 aromatic heterocycles. The third-order valence-corrected chi connectivity index (χ3v) is 3.11. The minimum Gasteiger partial charge on any atom is -0.310 e. The van der Waals surface area contributed by atoms with E-state index in [0.717, 1.165) is 16.7 Å². The van der Waals surface area contributed by atoms with Crippen LogP contribution in [0.15, 0.2) is 41.1 Å². The van der Waals surface area contributed by atoms with Crippen LogP contribution in [0.5, 0.6) is 0 Å². The van der Waals surface area contributed by atoms with Crippen LogP contribution in [-0.2, 0) is 6.54 Å². The van der Waals surface area contributed by atoms with Gasteiger partial charge in [0.15, 0.2) is 0 Å². The Balaban J connectivity index is 2.17. The highest BCUT2D eigenvalue weighted by atomic mass is 79.9. The summed E-state index contributed by atoms with van der Waals surface area (Å²) in [4.78, 5) is 0. The van der Waals surface area contributed by atoms with Crippen molar-refractivity contribution in [2.24, 2.45) is 0 Å². The maximum atomic E-state index is 4.22. The van der Waals surface area contributed by atoms with Crippen LogP contribution in [0.4, 0.5) is 0 Å². The Hall–Kier alpha value is -1.13. The van der Waals surface area contributed by atoms with Crippen molar-refractivity contribution >= 4 is 15.9 Å². The highest BCUT2D eigenvalue weighted by Gasteiger charge is 2.04. The second kappa shape index (κ2) is 5.47. The molecule has 1 heterocycles. The van der Waals surface area contributed by atoms with Crippen LogP contribution in [0.3, 0.4) is 0 Å². The van der Waals surface area contributed by atoms with Crippen molar-refractivity contribution in [3.05, 3.63) is 46.7 Å². The van der Waals surface area contributed by atoms with E-state index in [4.69, 9.17) is 0 Å². The average molecular weight is 294 g/mol. The second-order valence-corrected chi connectivity index (χ2v) is 5.13. The molecule has 0 fully saturated rings. The number of benzene rings is 1. The fraction of sp³-hybridized carbons (Fsp3) is 0.308. The number of hydrogen-bond donors (Lipinski definition) is 1. The number of rotatable bonds is 4. The molecule has 0 spiro atoms. The monoisotopic (exact) mass is 293 g/mol. The average Bonchev–Trinajstić information content (AvgIpc) is 2.79. The van der Waals surface area contributed by atoms with Crippen LogP contribution < -0.4 is 5.32 Å². The molecule has 1 N–H and O–H groups in total. The van der Waals surface area contributed by atoms with Gasteiger partial charge in [-0.3, -0.25) is 0 Å². The van der Waals surface area contributed by atoms with Crippen LogP contribution in [-0.4, -0.2) is 15.8 Å². The van der Waals surface area contributed by atoms with Crippen molar-refractivity contribution in [2.45, 2.75) is 26.4 Å². The molecule has 0 atom stereocenters. The quantitative estimate of drug-likeness (QED) is 0.939. The second-order valence-electron chi connectivity index (χ2n) is 4.27.